The van der Waals surface area contributed by atoms with Crippen LogP contribution in [-0.4, -0.2) is 65.9 Å². The van der Waals surface area contributed by atoms with Crippen molar-refractivity contribution in [2.45, 2.75) is 51.4 Å². The average molecular weight is 520 g/mol. The molecule has 1 saturated heterocycles. The van der Waals surface area contributed by atoms with E-state index < -0.39 is 23.4 Å². The third kappa shape index (κ3) is 5.36. The number of ether oxygens (including phenoxy) is 1. The average Bonchev–Trinajstić information content (AvgIpc) is 3.59. The molecule has 1 aliphatic rings. The molecular formula is C27H30FN7O3. The van der Waals surface area contributed by atoms with Gasteiger partial charge in [0, 0.05) is 31.2 Å². The van der Waals surface area contributed by atoms with E-state index in [1.165, 1.54) is 12.1 Å². The summed E-state index contributed by atoms with van der Waals surface area (Å²) >= 11 is 0. The first-order valence-electron chi connectivity index (χ1n) is 12.4. The van der Waals surface area contributed by atoms with Crippen molar-refractivity contribution < 1.29 is 18.7 Å². The molecule has 4 aromatic rings. The molecule has 2 unspecified atom stereocenters. The van der Waals surface area contributed by atoms with E-state index in [0.717, 1.165) is 16.5 Å². The number of aryl methyl sites for hydroxylation is 1. The van der Waals surface area contributed by atoms with E-state index in [1.807, 2.05) is 25.2 Å². The van der Waals surface area contributed by atoms with Gasteiger partial charge in [0.15, 0.2) is 0 Å². The van der Waals surface area contributed by atoms with Gasteiger partial charge in [-0.05, 0) is 62.6 Å². The standard InChI is InChI=1S/C27H30FN7O3/c1-27(2,3)38-26(37)35-15-20(13-21(35)16-34-10-9-29-32-34)31-25(36)22-7-5-18(12-23(22)28)17-6-8-24-19(11-17)14-30-33(24)4/h5-12,14,20-21H,13,15-16H2,1-4H3,(H,31,36). The number of halogens is 1. The van der Waals surface area contributed by atoms with E-state index in [4.69, 9.17) is 4.74 Å². The maximum atomic E-state index is 15.1. The smallest absolute Gasteiger partial charge is 0.410 e. The van der Waals surface area contributed by atoms with Crippen molar-refractivity contribution in [2.75, 3.05) is 6.54 Å². The van der Waals surface area contributed by atoms with Gasteiger partial charge in [0.25, 0.3) is 5.91 Å². The molecule has 5 rings (SSSR count). The minimum absolute atomic E-state index is 0.0558. The van der Waals surface area contributed by atoms with Gasteiger partial charge in [-0.25, -0.2) is 9.18 Å². The summed E-state index contributed by atoms with van der Waals surface area (Å²) < 4.78 is 24.1. The van der Waals surface area contributed by atoms with Crippen LogP contribution in [0.3, 0.4) is 0 Å². The Balaban J connectivity index is 1.30. The molecule has 3 heterocycles. The summed E-state index contributed by atoms with van der Waals surface area (Å²) in [5, 5.41) is 15.9. The zero-order valence-electron chi connectivity index (χ0n) is 21.8. The quantitative estimate of drug-likeness (QED) is 0.430. The van der Waals surface area contributed by atoms with E-state index in [2.05, 4.69) is 20.7 Å². The molecule has 2 atom stereocenters. The molecule has 1 N–H and O–H groups in total. The highest BCUT2D eigenvalue weighted by atomic mass is 19.1. The van der Waals surface area contributed by atoms with Crippen LogP contribution in [0.1, 0.15) is 37.6 Å². The maximum Gasteiger partial charge on any atom is 0.410 e. The van der Waals surface area contributed by atoms with E-state index in [0.29, 0.717) is 18.5 Å². The molecule has 2 amide bonds. The second-order valence-corrected chi connectivity index (χ2v) is 10.6. The normalized spacial score (nSPS) is 17.7. The van der Waals surface area contributed by atoms with Crippen LogP contribution in [0.15, 0.2) is 55.0 Å². The Kier molecular flexibility index (Phi) is 6.60. The molecule has 0 saturated carbocycles. The van der Waals surface area contributed by atoms with Gasteiger partial charge in [-0.2, -0.15) is 5.10 Å². The number of amides is 2. The predicted molar refractivity (Wildman–Crippen MR) is 139 cm³/mol. The maximum absolute atomic E-state index is 15.1. The molecule has 2 aromatic heterocycles. The number of nitrogens with zero attached hydrogens (tertiary/aromatic N) is 6. The number of carbonyl (C=O) groups is 2. The van der Waals surface area contributed by atoms with Gasteiger partial charge in [0.05, 0.1) is 36.1 Å². The summed E-state index contributed by atoms with van der Waals surface area (Å²) in [4.78, 5) is 27.5. The first kappa shape index (κ1) is 25.4. The number of benzene rings is 2. The van der Waals surface area contributed by atoms with Gasteiger partial charge >= 0.3 is 6.09 Å². The van der Waals surface area contributed by atoms with Gasteiger partial charge in [-0.1, -0.05) is 17.3 Å². The highest BCUT2D eigenvalue weighted by Gasteiger charge is 2.38. The molecule has 10 nitrogen and oxygen atoms in total. The molecule has 198 valence electrons. The summed E-state index contributed by atoms with van der Waals surface area (Å²) in [6.07, 6.45) is 5.03. The number of aromatic nitrogens is 5. The third-order valence-electron chi connectivity index (χ3n) is 6.54. The summed E-state index contributed by atoms with van der Waals surface area (Å²) in [6.45, 7) is 6.04. The van der Waals surface area contributed by atoms with Gasteiger partial charge in [-0.15, -0.1) is 5.10 Å². The Bertz CT molecular complexity index is 1480. The largest absolute Gasteiger partial charge is 0.444 e. The first-order valence-corrected chi connectivity index (χ1v) is 12.4. The van der Waals surface area contributed by atoms with E-state index in [-0.39, 0.29) is 24.2 Å². The van der Waals surface area contributed by atoms with E-state index in [9.17, 15) is 9.59 Å². The number of nitrogens with one attached hydrogen (secondary N) is 1. The minimum atomic E-state index is -0.664. The molecule has 0 bridgehead atoms. The van der Waals surface area contributed by atoms with Gasteiger partial charge in [0.1, 0.15) is 11.4 Å². The van der Waals surface area contributed by atoms with E-state index in [1.54, 1.807) is 59.7 Å². The van der Waals surface area contributed by atoms with Crippen molar-refractivity contribution in [3.63, 3.8) is 0 Å². The Morgan fingerprint density at radius 3 is 2.63 bits per heavy atom. The zero-order valence-corrected chi connectivity index (χ0v) is 21.8. The Morgan fingerprint density at radius 2 is 1.92 bits per heavy atom. The number of rotatable bonds is 5. The Hall–Kier alpha value is -4.28. The third-order valence-corrected chi connectivity index (χ3v) is 6.54. The number of hydrogen-bond acceptors (Lipinski definition) is 6. The van der Waals surface area contributed by atoms with Crippen LogP contribution in [0.5, 0.6) is 0 Å². The van der Waals surface area contributed by atoms with Crippen molar-refractivity contribution in [2.24, 2.45) is 7.05 Å². The van der Waals surface area contributed by atoms with Crippen LogP contribution in [0.25, 0.3) is 22.0 Å². The Morgan fingerprint density at radius 1 is 1.16 bits per heavy atom. The van der Waals surface area contributed by atoms with E-state index >= 15 is 4.39 Å². The lowest BCUT2D eigenvalue weighted by atomic mass is 10.0. The lowest BCUT2D eigenvalue weighted by Gasteiger charge is -2.28. The van der Waals surface area contributed by atoms with Gasteiger partial charge in [-0.3, -0.25) is 14.2 Å². The molecule has 0 radical (unpaired) electrons. The van der Waals surface area contributed by atoms with Crippen molar-refractivity contribution >= 4 is 22.9 Å². The molecule has 0 aliphatic carbocycles. The Labute approximate surface area is 219 Å². The number of fused-ring (bicyclic) bond motifs is 1. The lowest BCUT2D eigenvalue weighted by molar-refractivity contribution is 0.0207. The highest BCUT2D eigenvalue weighted by Crippen LogP contribution is 2.27. The number of carbonyl (C=O) groups excluding carboxylic acids is 2. The molecule has 2 aromatic carbocycles. The summed E-state index contributed by atoms with van der Waals surface area (Å²) in [5.74, 6) is -1.15. The molecule has 1 fully saturated rings. The number of hydrogen-bond donors (Lipinski definition) is 1. The van der Waals surface area contributed by atoms with Crippen molar-refractivity contribution in [1.29, 1.82) is 0 Å². The second kappa shape index (κ2) is 9.88. The molecule has 1 aliphatic heterocycles. The minimum Gasteiger partial charge on any atom is -0.444 e. The molecule has 11 heteroatoms. The van der Waals surface area contributed by atoms with Gasteiger partial charge in [0.2, 0.25) is 0 Å². The fraction of sp³-hybridized carbons (Fsp3) is 0.370. The predicted octanol–water partition coefficient (Wildman–Crippen LogP) is 3.78. The second-order valence-electron chi connectivity index (χ2n) is 10.6. The van der Waals surface area contributed by atoms with Crippen LogP contribution in [0, 0.1) is 5.82 Å². The van der Waals surface area contributed by atoms with Crippen LogP contribution >= 0.6 is 0 Å². The van der Waals surface area contributed by atoms with Crippen molar-refractivity contribution in [1.82, 2.24) is 35.0 Å². The first-order chi connectivity index (χ1) is 18.1. The molecular weight excluding hydrogens is 489 g/mol. The fourth-order valence-corrected chi connectivity index (χ4v) is 4.77. The van der Waals surface area contributed by atoms with Crippen molar-refractivity contribution in [3.8, 4) is 11.1 Å². The highest BCUT2D eigenvalue weighted by molar-refractivity contribution is 5.95. The number of likely N-dealkylation sites (tertiary alicyclic amines) is 1. The fourth-order valence-electron chi connectivity index (χ4n) is 4.77. The zero-order chi connectivity index (χ0) is 27.0. The topological polar surface area (TPSA) is 107 Å². The SMILES string of the molecule is Cn1ncc2cc(-c3ccc(C(=O)NC4CC(Cn5ccnn5)N(C(=O)OC(C)(C)C)C4)c(F)c3)ccc21. The summed E-state index contributed by atoms with van der Waals surface area (Å²) in [6, 6.07) is 9.70. The summed E-state index contributed by atoms with van der Waals surface area (Å²) in [7, 11) is 1.86. The van der Waals surface area contributed by atoms with Crippen molar-refractivity contribution in [3.05, 3.63) is 66.4 Å². The van der Waals surface area contributed by atoms with Crippen LogP contribution in [-0.2, 0) is 18.3 Å². The lowest BCUT2D eigenvalue weighted by Crippen LogP contribution is -2.43. The van der Waals surface area contributed by atoms with Crippen LogP contribution in [0.2, 0.25) is 0 Å². The summed E-state index contributed by atoms with van der Waals surface area (Å²) in [5.41, 5.74) is 1.75. The molecule has 0 spiro atoms. The van der Waals surface area contributed by atoms with Crippen LogP contribution < -0.4 is 5.32 Å². The molecule has 38 heavy (non-hydrogen) atoms. The van der Waals surface area contributed by atoms with Gasteiger partial charge < -0.3 is 15.0 Å². The monoisotopic (exact) mass is 519 g/mol. The van der Waals surface area contributed by atoms with Crippen LogP contribution in [0.4, 0.5) is 9.18 Å².